The summed E-state index contributed by atoms with van der Waals surface area (Å²) < 4.78 is 7.60. The fourth-order valence-electron chi connectivity index (χ4n) is 2.04. The number of ether oxygens (including phenoxy) is 1. The average Bonchev–Trinajstić information content (AvgIpc) is 2.50. The first kappa shape index (κ1) is 14.4. The highest BCUT2D eigenvalue weighted by atomic mass is 79.9. The highest BCUT2D eigenvalue weighted by Gasteiger charge is 2.12. The second kappa shape index (κ2) is 5.66. The number of nitrogens with two attached hydrogens (primary N) is 1. The minimum Gasteiger partial charge on any atom is -0.437 e. The molecule has 21 heavy (non-hydrogen) atoms. The van der Waals surface area contributed by atoms with Gasteiger partial charge in [-0.1, -0.05) is 30.3 Å². The first-order valence-electron chi connectivity index (χ1n) is 6.33. The predicted molar refractivity (Wildman–Crippen MR) is 92.8 cm³/mol. The molecule has 0 radical (unpaired) electrons. The van der Waals surface area contributed by atoms with E-state index in [1.54, 1.807) is 6.20 Å². The Hall–Kier alpha value is -1.59. The number of nitrogen functional groups attached to an aromatic ring is 1. The van der Waals surface area contributed by atoms with Gasteiger partial charge in [-0.3, -0.25) is 0 Å². The van der Waals surface area contributed by atoms with Gasteiger partial charge < -0.3 is 10.5 Å². The summed E-state index contributed by atoms with van der Waals surface area (Å²) in [4.78, 5) is 4.24. The summed E-state index contributed by atoms with van der Waals surface area (Å²) >= 11 is 7.08. The molecule has 5 heteroatoms. The Bertz CT molecular complexity index is 834. The Morgan fingerprint density at radius 1 is 1.05 bits per heavy atom. The molecule has 2 aromatic carbocycles. The van der Waals surface area contributed by atoms with E-state index < -0.39 is 0 Å². The van der Waals surface area contributed by atoms with E-state index in [0.717, 1.165) is 25.3 Å². The highest BCUT2D eigenvalue weighted by Crippen LogP contribution is 2.38. The Morgan fingerprint density at radius 3 is 2.62 bits per heavy atom. The molecule has 0 amide bonds. The van der Waals surface area contributed by atoms with Crippen molar-refractivity contribution >= 4 is 48.3 Å². The third-order valence-corrected chi connectivity index (χ3v) is 5.06. The van der Waals surface area contributed by atoms with Crippen LogP contribution in [-0.2, 0) is 0 Å². The summed E-state index contributed by atoms with van der Waals surface area (Å²) in [5.74, 6) is 1.21. The lowest BCUT2D eigenvalue weighted by Gasteiger charge is -2.12. The standard InChI is InChI=1S/C16H12Br2N2O/c1-9-12(19)8-20-16(14(9)17)21-13-7-6-10-4-2-3-5-11(10)15(13)18/h2-8H,19H2,1H3. The number of rotatable bonds is 2. The summed E-state index contributed by atoms with van der Waals surface area (Å²) in [7, 11) is 0. The van der Waals surface area contributed by atoms with Crippen LogP contribution in [0.15, 0.2) is 51.5 Å². The van der Waals surface area contributed by atoms with Crippen molar-refractivity contribution in [2.45, 2.75) is 6.92 Å². The molecule has 106 valence electrons. The summed E-state index contributed by atoms with van der Waals surface area (Å²) in [5.41, 5.74) is 7.38. The van der Waals surface area contributed by atoms with Gasteiger partial charge in [-0.15, -0.1) is 0 Å². The molecule has 3 rings (SSSR count). The maximum absolute atomic E-state index is 5.92. The highest BCUT2D eigenvalue weighted by molar-refractivity contribution is 9.11. The van der Waals surface area contributed by atoms with E-state index in [9.17, 15) is 0 Å². The maximum Gasteiger partial charge on any atom is 0.234 e. The lowest BCUT2D eigenvalue weighted by atomic mass is 10.1. The van der Waals surface area contributed by atoms with E-state index in [1.807, 2.05) is 37.3 Å². The molecule has 1 aromatic heterocycles. The number of benzene rings is 2. The maximum atomic E-state index is 5.92. The van der Waals surface area contributed by atoms with Gasteiger partial charge in [0.05, 0.1) is 20.8 Å². The van der Waals surface area contributed by atoms with Crippen LogP contribution in [0.3, 0.4) is 0 Å². The number of fused-ring (bicyclic) bond motifs is 1. The molecular formula is C16H12Br2N2O. The van der Waals surface area contributed by atoms with Crippen LogP contribution in [0.5, 0.6) is 11.6 Å². The van der Waals surface area contributed by atoms with Gasteiger partial charge in [0.2, 0.25) is 5.88 Å². The minimum absolute atomic E-state index is 0.498. The molecule has 0 bridgehead atoms. The van der Waals surface area contributed by atoms with E-state index in [-0.39, 0.29) is 0 Å². The van der Waals surface area contributed by atoms with E-state index in [4.69, 9.17) is 10.5 Å². The second-order valence-corrected chi connectivity index (χ2v) is 6.24. The third-order valence-electron chi connectivity index (χ3n) is 3.31. The van der Waals surface area contributed by atoms with Crippen molar-refractivity contribution in [3.63, 3.8) is 0 Å². The molecule has 0 aliphatic rings. The number of nitrogens with zero attached hydrogens (tertiary/aromatic N) is 1. The van der Waals surface area contributed by atoms with Crippen LogP contribution in [0, 0.1) is 6.92 Å². The zero-order valence-electron chi connectivity index (χ0n) is 11.2. The molecule has 2 N–H and O–H groups in total. The number of pyridine rings is 1. The molecule has 0 aliphatic carbocycles. The van der Waals surface area contributed by atoms with E-state index >= 15 is 0 Å². The smallest absolute Gasteiger partial charge is 0.234 e. The molecule has 0 atom stereocenters. The van der Waals surface area contributed by atoms with Gasteiger partial charge in [0, 0.05) is 0 Å². The van der Waals surface area contributed by atoms with E-state index in [1.165, 1.54) is 0 Å². The molecule has 0 saturated carbocycles. The molecular weight excluding hydrogens is 396 g/mol. The van der Waals surface area contributed by atoms with Crippen LogP contribution in [0.1, 0.15) is 5.56 Å². The topological polar surface area (TPSA) is 48.1 Å². The van der Waals surface area contributed by atoms with Crippen molar-refractivity contribution in [1.29, 1.82) is 0 Å². The number of hydrogen-bond donors (Lipinski definition) is 1. The fraction of sp³-hybridized carbons (Fsp3) is 0.0625. The Balaban J connectivity index is 2.06. The van der Waals surface area contributed by atoms with Crippen LogP contribution in [0.2, 0.25) is 0 Å². The monoisotopic (exact) mass is 406 g/mol. The zero-order chi connectivity index (χ0) is 15.0. The molecule has 0 saturated heterocycles. The minimum atomic E-state index is 0.498. The molecule has 0 spiro atoms. The van der Waals surface area contributed by atoms with Gasteiger partial charge >= 0.3 is 0 Å². The normalized spacial score (nSPS) is 10.8. The number of halogens is 2. The van der Waals surface area contributed by atoms with Crippen LogP contribution in [0.4, 0.5) is 5.69 Å². The van der Waals surface area contributed by atoms with Crippen molar-refractivity contribution in [3.05, 3.63) is 57.1 Å². The van der Waals surface area contributed by atoms with Crippen molar-refractivity contribution in [2.75, 3.05) is 5.73 Å². The molecule has 0 unspecified atom stereocenters. The number of anilines is 1. The van der Waals surface area contributed by atoms with Gasteiger partial charge in [0.1, 0.15) is 5.75 Å². The molecule has 3 nitrogen and oxygen atoms in total. The van der Waals surface area contributed by atoms with Crippen LogP contribution >= 0.6 is 31.9 Å². The number of hydrogen-bond acceptors (Lipinski definition) is 3. The van der Waals surface area contributed by atoms with Crippen molar-refractivity contribution in [1.82, 2.24) is 4.98 Å². The molecule has 0 aliphatic heterocycles. The van der Waals surface area contributed by atoms with Crippen molar-refractivity contribution in [3.8, 4) is 11.6 Å². The van der Waals surface area contributed by atoms with Gasteiger partial charge in [-0.25, -0.2) is 4.98 Å². The van der Waals surface area contributed by atoms with Gasteiger partial charge in [-0.2, -0.15) is 0 Å². The van der Waals surface area contributed by atoms with E-state index in [0.29, 0.717) is 17.3 Å². The third kappa shape index (κ3) is 2.63. The first-order chi connectivity index (χ1) is 10.1. The summed E-state index contributed by atoms with van der Waals surface area (Å²) in [5, 5.41) is 2.25. The first-order valence-corrected chi connectivity index (χ1v) is 7.92. The van der Waals surface area contributed by atoms with Gasteiger partial charge in [0.15, 0.2) is 0 Å². The summed E-state index contributed by atoms with van der Waals surface area (Å²) in [6.45, 7) is 1.92. The summed E-state index contributed by atoms with van der Waals surface area (Å²) in [6, 6.07) is 12.1. The lowest BCUT2D eigenvalue weighted by molar-refractivity contribution is 0.457. The SMILES string of the molecule is Cc1c(N)cnc(Oc2ccc3ccccc3c2Br)c1Br. The van der Waals surface area contributed by atoms with Crippen LogP contribution in [-0.4, -0.2) is 4.98 Å². The van der Waals surface area contributed by atoms with Gasteiger partial charge in [0.25, 0.3) is 0 Å². The number of aromatic nitrogens is 1. The van der Waals surface area contributed by atoms with Crippen molar-refractivity contribution < 1.29 is 4.74 Å². The van der Waals surface area contributed by atoms with Crippen LogP contribution in [0.25, 0.3) is 10.8 Å². The fourth-order valence-corrected chi connectivity index (χ4v) is 3.02. The van der Waals surface area contributed by atoms with E-state index in [2.05, 4.69) is 42.9 Å². The lowest BCUT2D eigenvalue weighted by Crippen LogP contribution is -1.96. The predicted octanol–water partition coefficient (Wildman–Crippen LogP) is 5.44. The van der Waals surface area contributed by atoms with Gasteiger partial charge in [-0.05, 0) is 61.2 Å². The van der Waals surface area contributed by atoms with Crippen LogP contribution < -0.4 is 10.5 Å². The Labute approximate surface area is 139 Å². The largest absolute Gasteiger partial charge is 0.437 e. The Morgan fingerprint density at radius 2 is 1.81 bits per heavy atom. The second-order valence-electron chi connectivity index (χ2n) is 4.66. The molecule has 3 aromatic rings. The quantitative estimate of drug-likeness (QED) is 0.614. The summed E-state index contributed by atoms with van der Waals surface area (Å²) in [6.07, 6.45) is 1.60. The average molecular weight is 408 g/mol. The Kier molecular flexibility index (Phi) is 3.87. The molecule has 1 heterocycles. The van der Waals surface area contributed by atoms with Crippen molar-refractivity contribution in [2.24, 2.45) is 0 Å². The molecule has 0 fully saturated rings. The zero-order valence-corrected chi connectivity index (χ0v) is 14.4.